The van der Waals surface area contributed by atoms with Crippen LogP contribution in [0.25, 0.3) is 0 Å². The number of hydrogen-bond acceptors (Lipinski definition) is 5. The number of rotatable bonds is 3. The lowest BCUT2D eigenvalue weighted by Crippen LogP contribution is -2.48. The first-order chi connectivity index (χ1) is 13.4. The minimum atomic E-state index is -2.04. The molecule has 1 aromatic rings. The molecule has 0 saturated heterocycles. The average molecular weight is 379 g/mol. The van der Waals surface area contributed by atoms with E-state index in [0.717, 1.165) is 25.1 Å². The molecule has 3 rings (SSSR count). The molecule has 0 bridgehead atoms. The summed E-state index contributed by atoms with van der Waals surface area (Å²) < 4.78 is 29.5. The van der Waals surface area contributed by atoms with Gasteiger partial charge in [-0.2, -0.15) is 15.8 Å². The van der Waals surface area contributed by atoms with Gasteiger partial charge in [0.1, 0.15) is 17.7 Å². The molecule has 1 heterocycles. The minimum absolute atomic E-state index is 0.0669. The fraction of sp³-hybridized carbons (Fsp3) is 0.381. The van der Waals surface area contributed by atoms with Crippen molar-refractivity contribution in [1.82, 2.24) is 4.90 Å². The molecule has 0 saturated carbocycles. The van der Waals surface area contributed by atoms with Crippen LogP contribution >= 0.6 is 0 Å². The Morgan fingerprint density at radius 1 is 1.21 bits per heavy atom. The van der Waals surface area contributed by atoms with Crippen molar-refractivity contribution in [3.63, 3.8) is 0 Å². The molecule has 142 valence electrons. The molecule has 2 atom stereocenters. The lowest BCUT2D eigenvalue weighted by Gasteiger charge is -2.45. The second-order valence-corrected chi connectivity index (χ2v) is 7.07. The summed E-state index contributed by atoms with van der Waals surface area (Å²) in [5.74, 6) is -3.43. The van der Waals surface area contributed by atoms with Gasteiger partial charge < -0.3 is 5.73 Å². The number of nitrogens with two attached hydrogens (primary N) is 1. The Morgan fingerprint density at radius 3 is 2.39 bits per heavy atom. The summed E-state index contributed by atoms with van der Waals surface area (Å²) >= 11 is 0. The van der Waals surface area contributed by atoms with Gasteiger partial charge in [0, 0.05) is 30.5 Å². The van der Waals surface area contributed by atoms with Crippen molar-refractivity contribution in [2.45, 2.75) is 19.3 Å². The maximum absolute atomic E-state index is 14.7. The van der Waals surface area contributed by atoms with Crippen LogP contribution < -0.4 is 5.73 Å². The van der Waals surface area contributed by atoms with E-state index in [2.05, 4.69) is 4.90 Å². The van der Waals surface area contributed by atoms with Gasteiger partial charge in [0.25, 0.3) is 0 Å². The molecule has 0 amide bonds. The Kier molecular flexibility index (Phi) is 5.18. The highest BCUT2D eigenvalue weighted by Gasteiger charge is 2.55. The van der Waals surface area contributed by atoms with Crippen LogP contribution in [0.15, 0.2) is 41.1 Å². The van der Waals surface area contributed by atoms with Crippen molar-refractivity contribution in [2.75, 3.05) is 19.6 Å². The molecular formula is C21H19F2N5. The zero-order valence-corrected chi connectivity index (χ0v) is 15.4. The molecule has 0 radical (unpaired) electrons. The Balaban J connectivity index is 2.34. The van der Waals surface area contributed by atoms with E-state index in [0.29, 0.717) is 18.7 Å². The first-order valence-corrected chi connectivity index (χ1v) is 9.04. The van der Waals surface area contributed by atoms with Crippen LogP contribution in [-0.4, -0.2) is 24.5 Å². The van der Waals surface area contributed by atoms with Crippen molar-refractivity contribution in [3.8, 4) is 18.2 Å². The molecule has 28 heavy (non-hydrogen) atoms. The number of nitrogens with zero attached hydrogens (tertiary/aromatic N) is 4. The van der Waals surface area contributed by atoms with Crippen molar-refractivity contribution in [2.24, 2.45) is 17.1 Å². The first kappa shape index (κ1) is 19.5. The second kappa shape index (κ2) is 7.43. The number of fused-ring (bicyclic) bond motifs is 1. The van der Waals surface area contributed by atoms with E-state index in [-0.39, 0.29) is 16.8 Å². The maximum atomic E-state index is 14.7. The van der Waals surface area contributed by atoms with Gasteiger partial charge in [-0.05, 0) is 30.7 Å². The smallest absolute Gasteiger partial charge is 0.191 e. The summed E-state index contributed by atoms with van der Waals surface area (Å²) in [6.07, 6.45) is 2.69. The van der Waals surface area contributed by atoms with Crippen LogP contribution in [-0.2, 0) is 0 Å². The van der Waals surface area contributed by atoms with Crippen LogP contribution in [0, 0.1) is 57.0 Å². The van der Waals surface area contributed by atoms with E-state index in [9.17, 15) is 24.6 Å². The molecule has 7 heteroatoms. The highest BCUT2D eigenvalue weighted by molar-refractivity contribution is 5.59. The van der Waals surface area contributed by atoms with Gasteiger partial charge in [0.2, 0.25) is 0 Å². The third-order valence-corrected chi connectivity index (χ3v) is 5.59. The molecular weight excluding hydrogens is 360 g/mol. The largest absolute Gasteiger partial charge is 0.399 e. The van der Waals surface area contributed by atoms with Crippen molar-refractivity contribution < 1.29 is 8.78 Å². The van der Waals surface area contributed by atoms with Gasteiger partial charge in [-0.1, -0.05) is 19.1 Å². The third-order valence-electron chi connectivity index (χ3n) is 5.59. The summed E-state index contributed by atoms with van der Waals surface area (Å²) in [7, 11) is 0. The summed E-state index contributed by atoms with van der Waals surface area (Å²) in [4.78, 5) is 2.08. The maximum Gasteiger partial charge on any atom is 0.191 e. The van der Waals surface area contributed by atoms with Gasteiger partial charge >= 0.3 is 0 Å². The van der Waals surface area contributed by atoms with Crippen LogP contribution in [0.3, 0.4) is 0 Å². The number of nitriles is 3. The van der Waals surface area contributed by atoms with Crippen molar-refractivity contribution >= 4 is 0 Å². The van der Waals surface area contributed by atoms with Gasteiger partial charge in [-0.15, -0.1) is 0 Å². The summed E-state index contributed by atoms with van der Waals surface area (Å²) in [5.41, 5.74) is 4.15. The number of allylic oxidation sites excluding steroid dienone is 2. The molecule has 0 unspecified atom stereocenters. The molecule has 1 aromatic carbocycles. The average Bonchev–Trinajstić information content (AvgIpc) is 2.69. The molecule has 0 fully saturated rings. The van der Waals surface area contributed by atoms with Crippen LogP contribution in [0.5, 0.6) is 0 Å². The number of benzene rings is 1. The molecule has 5 nitrogen and oxygen atoms in total. The molecule has 0 aromatic heterocycles. The van der Waals surface area contributed by atoms with Gasteiger partial charge in [-0.3, -0.25) is 4.90 Å². The lowest BCUT2D eigenvalue weighted by atomic mass is 9.58. The normalized spacial score (nSPS) is 23.8. The predicted octanol–water partition coefficient (Wildman–Crippen LogP) is 3.10. The molecule has 0 spiro atoms. The topological polar surface area (TPSA) is 101 Å². The van der Waals surface area contributed by atoms with E-state index in [1.165, 1.54) is 6.07 Å². The zero-order valence-electron chi connectivity index (χ0n) is 15.4. The SMILES string of the molecule is CCCN1CC=C2C(C#N)=C(N)C(C#N)(C#N)[C@@H](c3c(F)cccc3F)[C@H]2C1. The Hall–Kier alpha value is -3.21. The number of halogens is 2. The predicted molar refractivity (Wildman–Crippen MR) is 97.9 cm³/mol. The lowest BCUT2D eigenvalue weighted by molar-refractivity contribution is 0.203. The quantitative estimate of drug-likeness (QED) is 0.870. The first-order valence-electron chi connectivity index (χ1n) is 9.04. The van der Waals surface area contributed by atoms with Gasteiger partial charge in [0.15, 0.2) is 5.41 Å². The van der Waals surface area contributed by atoms with E-state index >= 15 is 0 Å². The monoisotopic (exact) mass is 379 g/mol. The summed E-state index contributed by atoms with van der Waals surface area (Å²) in [6.45, 7) is 3.71. The van der Waals surface area contributed by atoms with E-state index < -0.39 is 28.9 Å². The highest BCUT2D eigenvalue weighted by Crippen LogP contribution is 2.54. The molecule has 2 N–H and O–H groups in total. The fourth-order valence-corrected chi connectivity index (χ4v) is 4.36. The summed E-state index contributed by atoms with van der Waals surface area (Å²) in [5, 5.41) is 29.5. The van der Waals surface area contributed by atoms with Crippen molar-refractivity contribution in [1.29, 1.82) is 15.8 Å². The standard InChI is InChI=1S/C21H19F2N5/c1-2-7-28-8-6-13-14(9-24)20(27)21(11-25,12-26)19(15(13)10-28)18-16(22)4-3-5-17(18)23/h3-6,15,19H,2,7-8,10,27H2,1H3/t15-,19+/m0/s1. The molecule has 1 aliphatic carbocycles. The second-order valence-electron chi connectivity index (χ2n) is 7.07. The zero-order chi connectivity index (χ0) is 20.5. The fourth-order valence-electron chi connectivity index (χ4n) is 4.36. The number of hydrogen-bond donors (Lipinski definition) is 1. The van der Waals surface area contributed by atoms with Crippen LogP contribution in [0.4, 0.5) is 8.78 Å². The van der Waals surface area contributed by atoms with Crippen LogP contribution in [0.2, 0.25) is 0 Å². The Morgan fingerprint density at radius 2 is 1.86 bits per heavy atom. The molecule has 2 aliphatic rings. The van der Waals surface area contributed by atoms with E-state index in [4.69, 9.17) is 5.73 Å². The summed E-state index contributed by atoms with van der Waals surface area (Å²) in [6, 6.07) is 9.23. The van der Waals surface area contributed by atoms with Crippen LogP contribution in [0.1, 0.15) is 24.8 Å². The van der Waals surface area contributed by atoms with Crippen molar-refractivity contribution in [3.05, 3.63) is 58.3 Å². The van der Waals surface area contributed by atoms with Gasteiger partial charge in [0.05, 0.1) is 23.4 Å². The highest BCUT2D eigenvalue weighted by atomic mass is 19.1. The Bertz CT molecular complexity index is 955. The third kappa shape index (κ3) is 2.74. The molecule has 1 aliphatic heterocycles. The van der Waals surface area contributed by atoms with E-state index in [1.807, 2.05) is 31.2 Å². The minimum Gasteiger partial charge on any atom is -0.399 e. The Labute approximate surface area is 162 Å². The van der Waals surface area contributed by atoms with E-state index in [1.54, 1.807) is 0 Å². The van der Waals surface area contributed by atoms with Gasteiger partial charge in [-0.25, -0.2) is 8.78 Å².